The van der Waals surface area contributed by atoms with E-state index in [1.165, 1.54) is 12.1 Å². The normalized spacial score (nSPS) is 13.7. The molecule has 0 unspecified atom stereocenters. The zero-order valence-electron chi connectivity index (χ0n) is 21.5. The molecule has 1 aliphatic rings. The molecule has 0 radical (unpaired) electrons. The first-order valence-corrected chi connectivity index (χ1v) is 12.5. The van der Waals surface area contributed by atoms with Crippen LogP contribution < -0.4 is 10.2 Å². The molecule has 5 rings (SSSR count). The van der Waals surface area contributed by atoms with Crippen LogP contribution in [0.15, 0.2) is 60.9 Å². The molecule has 0 spiro atoms. The summed E-state index contributed by atoms with van der Waals surface area (Å²) in [5, 5.41) is 3.20. The van der Waals surface area contributed by atoms with E-state index < -0.39 is 11.6 Å². The third-order valence-corrected chi connectivity index (χ3v) is 6.62. The number of imidazole rings is 1. The molecular weight excluding hydrogens is 488 g/mol. The number of nitrogens with zero attached hydrogens (tertiary/aromatic N) is 6. The predicted molar refractivity (Wildman–Crippen MR) is 143 cm³/mol. The number of nitrogens with one attached hydrogen (secondary N) is 1. The van der Waals surface area contributed by atoms with Crippen molar-refractivity contribution in [1.29, 1.82) is 0 Å². The van der Waals surface area contributed by atoms with Gasteiger partial charge in [-0.05, 0) is 63.2 Å². The third kappa shape index (κ3) is 5.20. The molecule has 2 aromatic carbocycles. The molecule has 0 bridgehead atoms. The summed E-state index contributed by atoms with van der Waals surface area (Å²) < 4.78 is 29.5. The molecule has 1 saturated heterocycles. The van der Waals surface area contributed by atoms with Crippen molar-refractivity contribution >= 4 is 23.2 Å². The Labute approximate surface area is 220 Å². The molecule has 2 aromatic heterocycles. The second-order valence-corrected chi connectivity index (χ2v) is 9.50. The Morgan fingerprint density at radius 1 is 0.974 bits per heavy atom. The van der Waals surface area contributed by atoms with Crippen LogP contribution in [-0.4, -0.2) is 56.5 Å². The van der Waals surface area contributed by atoms with E-state index in [1.54, 1.807) is 23.2 Å². The zero-order valence-corrected chi connectivity index (χ0v) is 21.5. The lowest BCUT2D eigenvalue weighted by atomic mass is 10.1. The molecule has 0 aliphatic carbocycles. The summed E-state index contributed by atoms with van der Waals surface area (Å²) in [6.45, 7) is 8.01. The van der Waals surface area contributed by atoms with E-state index in [1.807, 2.05) is 36.2 Å². The first kappa shape index (κ1) is 25.3. The quantitative estimate of drug-likeness (QED) is 0.378. The Morgan fingerprint density at radius 3 is 2.39 bits per heavy atom. The molecule has 1 fully saturated rings. The Bertz CT molecular complexity index is 1440. The molecule has 10 heteroatoms. The second kappa shape index (κ2) is 10.6. The van der Waals surface area contributed by atoms with E-state index in [0.29, 0.717) is 43.4 Å². The molecule has 196 valence electrons. The van der Waals surface area contributed by atoms with E-state index >= 15 is 0 Å². The molecule has 0 saturated carbocycles. The van der Waals surface area contributed by atoms with Crippen LogP contribution in [0.2, 0.25) is 0 Å². The molecule has 1 aliphatic heterocycles. The van der Waals surface area contributed by atoms with Crippen LogP contribution in [0.4, 0.5) is 26.1 Å². The fourth-order valence-electron chi connectivity index (χ4n) is 4.75. The summed E-state index contributed by atoms with van der Waals surface area (Å²) in [4.78, 5) is 30.0. The number of amides is 1. The predicted octanol–water partition coefficient (Wildman–Crippen LogP) is 5.21. The van der Waals surface area contributed by atoms with E-state index in [4.69, 9.17) is 0 Å². The fourth-order valence-corrected chi connectivity index (χ4v) is 4.75. The summed E-state index contributed by atoms with van der Waals surface area (Å²) in [6, 6.07) is 12.8. The van der Waals surface area contributed by atoms with Crippen LogP contribution in [0, 0.1) is 18.6 Å². The summed E-state index contributed by atoms with van der Waals surface area (Å²) in [5.41, 5.74) is 3.35. The van der Waals surface area contributed by atoms with Gasteiger partial charge in [0.2, 0.25) is 5.95 Å². The van der Waals surface area contributed by atoms with Crippen molar-refractivity contribution < 1.29 is 13.6 Å². The van der Waals surface area contributed by atoms with Gasteiger partial charge in [-0.25, -0.2) is 23.7 Å². The van der Waals surface area contributed by atoms with Gasteiger partial charge < -0.3 is 19.7 Å². The minimum Gasteiger partial charge on any atom is -0.366 e. The maximum atomic E-state index is 14.1. The first-order chi connectivity index (χ1) is 18.3. The molecule has 8 nitrogen and oxygen atoms in total. The number of rotatable bonds is 6. The van der Waals surface area contributed by atoms with E-state index in [9.17, 15) is 13.6 Å². The van der Waals surface area contributed by atoms with Gasteiger partial charge in [-0.3, -0.25) is 4.79 Å². The number of hydrogen-bond acceptors (Lipinski definition) is 6. The van der Waals surface area contributed by atoms with Crippen molar-refractivity contribution in [2.24, 2.45) is 0 Å². The van der Waals surface area contributed by atoms with Gasteiger partial charge in [-0.2, -0.15) is 0 Å². The smallest absolute Gasteiger partial charge is 0.253 e. The zero-order chi connectivity index (χ0) is 26.8. The van der Waals surface area contributed by atoms with Gasteiger partial charge in [-0.1, -0.05) is 0 Å². The van der Waals surface area contributed by atoms with Crippen molar-refractivity contribution in [2.45, 2.75) is 26.8 Å². The van der Waals surface area contributed by atoms with Gasteiger partial charge in [0.25, 0.3) is 5.91 Å². The number of halogens is 2. The summed E-state index contributed by atoms with van der Waals surface area (Å²) in [7, 11) is 0. The monoisotopic (exact) mass is 517 g/mol. The van der Waals surface area contributed by atoms with Gasteiger partial charge in [0.15, 0.2) is 0 Å². The number of hydrogen-bond donors (Lipinski definition) is 1. The molecule has 38 heavy (non-hydrogen) atoms. The number of anilines is 3. The van der Waals surface area contributed by atoms with Crippen LogP contribution in [-0.2, 0) is 0 Å². The molecule has 1 N–H and O–H groups in total. The maximum Gasteiger partial charge on any atom is 0.253 e. The summed E-state index contributed by atoms with van der Waals surface area (Å²) in [5.74, 6) is 0.0765. The lowest BCUT2D eigenvalue weighted by Crippen LogP contribution is -2.49. The van der Waals surface area contributed by atoms with Crippen LogP contribution in [0.25, 0.3) is 11.4 Å². The molecule has 3 heterocycles. The fraction of sp³-hybridized carbons (Fsp3) is 0.286. The minimum atomic E-state index is -0.606. The van der Waals surface area contributed by atoms with Crippen LogP contribution >= 0.6 is 0 Å². The number of benzene rings is 2. The van der Waals surface area contributed by atoms with Crippen molar-refractivity contribution in [3.8, 4) is 11.4 Å². The van der Waals surface area contributed by atoms with E-state index in [0.717, 1.165) is 29.0 Å². The molecule has 4 aromatic rings. The van der Waals surface area contributed by atoms with Gasteiger partial charge >= 0.3 is 0 Å². The average Bonchev–Trinajstić information content (AvgIpc) is 3.31. The van der Waals surface area contributed by atoms with Gasteiger partial charge in [0.05, 0.1) is 23.3 Å². The number of aryl methyl sites for hydroxylation is 1. The highest BCUT2D eigenvalue weighted by atomic mass is 19.1. The van der Waals surface area contributed by atoms with Crippen molar-refractivity contribution in [3.63, 3.8) is 0 Å². The average molecular weight is 518 g/mol. The van der Waals surface area contributed by atoms with Crippen LogP contribution in [0.3, 0.4) is 0 Å². The highest BCUT2D eigenvalue weighted by Crippen LogP contribution is 2.25. The molecule has 0 atom stereocenters. The Balaban J connectivity index is 1.22. The van der Waals surface area contributed by atoms with Crippen molar-refractivity contribution in [3.05, 3.63) is 83.9 Å². The summed E-state index contributed by atoms with van der Waals surface area (Å²) >= 11 is 0. The standard InChI is InChI=1S/C28H29F2N7O/c1-18(2)37-19(3)32-17-26(37)24-10-11-31-28(34-24)33-22-7-4-20(5-8-22)27(38)36-14-12-35(13-15-36)25-9-6-21(29)16-23(25)30/h4-11,16-18H,12-15H2,1-3H3,(H,31,33,34). The topological polar surface area (TPSA) is 79.2 Å². The Morgan fingerprint density at radius 2 is 1.71 bits per heavy atom. The maximum absolute atomic E-state index is 14.1. The van der Waals surface area contributed by atoms with Gasteiger partial charge in [0.1, 0.15) is 17.5 Å². The highest BCUT2D eigenvalue weighted by molar-refractivity contribution is 5.94. The molecule has 1 amide bonds. The summed E-state index contributed by atoms with van der Waals surface area (Å²) in [6.07, 6.45) is 3.52. The van der Waals surface area contributed by atoms with Crippen molar-refractivity contribution in [1.82, 2.24) is 24.4 Å². The Kier molecular flexibility index (Phi) is 7.04. The van der Waals surface area contributed by atoms with Gasteiger partial charge in [0, 0.05) is 55.7 Å². The van der Waals surface area contributed by atoms with Crippen molar-refractivity contribution in [2.75, 3.05) is 36.4 Å². The largest absolute Gasteiger partial charge is 0.366 e. The number of carbonyl (C=O) groups excluding carboxylic acids is 1. The number of carbonyl (C=O) groups is 1. The van der Waals surface area contributed by atoms with Gasteiger partial charge in [-0.15, -0.1) is 0 Å². The third-order valence-electron chi connectivity index (χ3n) is 6.62. The molecular formula is C28H29F2N7O. The lowest BCUT2D eigenvalue weighted by molar-refractivity contribution is 0.0746. The van der Waals surface area contributed by atoms with E-state index in [2.05, 4.69) is 38.7 Å². The van der Waals surface area contributed by atoms with Crippen LogP contribution in [0.1, 0.15) is 36.1 Å². The Hall–Kier alpha value is -4.34. The SMILES string of the molecule is Cc1ncc(-c2ccnc(Nc3ccc(C(=O)N4CCN(c5ccc(F)cc5F)CC4)cc3)n2)n1C(C)C. The second-order valence-electron chi connectivity index (χ2n) is 9.50. The highest BCUT2D eigenvalue weighted by Gasteiger charge is 2.24. The van der Waals surface area contributed by atoms with E-state index in [-0.39, 0.29) is 11.9 Å². The number of aromatic nitrogens is 4. The number of piperazine rings is 1. The lowest BCUT2D eigenvalue weighted by Gasteiger charge is -2.36. The minimum absolute atomic E-state index is 0.0913. The van der Waals surface area contributed by atoms with Crippen LogP contribution in [0.5, 0.6) is 0 Å². The first-order valence-electron chi connectivity index (χ1n) is 12.5.